The van der Waals surface area contributed by atoms with E-state index >= 15 is 0 Å². The van der Waals surface area contributed by atoms with E-state index in [0.29, 0.717) is 26.2 Å². The van der Waals surface area contributed by atoms with E-state index in [4.69, 9.17) is 0 Å². The molecule has 4 heteroatoms. The minimum absolute atomic E-state index is 0.251. The Morgan fingerprint density at radius 1 is 1.33 bits per heavy atom. The van der Waals surface area contributed by atoms with Gasteiger partial charge in [0, 0.05) is 13.1 Å². The van der Waals surface area contributed by atoms with Gasteiger partial charge in [-0.15, -0.1) is 0 Å². The van der Waals surface area contributed by atoms with E-state index < -0.39 is 0 Å². The van der Waals surface area contributed by atoms with Crippen molar-refractivity contribution in [1.29, 1.82) is 0 Å². The van der Waals surface area contributed by atoms with Crippen LogP contribution in [0.1, 0.15) is 0 Å². The van der Waals surface area contributed by atoms with Crippen molar-refractivity contribution in [3.8, 4) is 0 Å². The fourth-order valence-electron chi connectivity index (χ4n) is 0.870. The van der Waals surface area contributed by atoms with E-state index in [1.165, 1.54) is 0 Å². The standard InChI is InChI=1S/C5H11N2O2/c1-7(9)4-2-6(8)3-5-7/h2-5H2,1H3/q-1. The maximum absolute atomic E-state index is 11.0. The molecule has 1 aliphatic rings. The summed E-state index contributed by atoms with van der Waals surface area (Å²) in [6.45, 7) is 1.65. The van der Waals surface area contributed by atoms with Crippen molar-refractivity contribution in [3.63, 3.8) is 0 Å². The third-order valence-electron chi connectivity index (χ3n) is 1.64. The molecule has 0 radical (unpaired) electrons. The number of hydrogen-bond donors (Lipinski definition) is 0. The predicted octanol–water partition coefficient (Wildman–Crippen LogP) is -0.256. The Labute approximate surface area is 54.4 Å². The molecule has 0 aromatic heterocycles. The zero-order valence-electron chi connectivity index (χ0n) is 5.54. The first-order valence-electron chi connectivity index (χ1n) is 3.08. The van der Waals surface area contributed by atoms with Crippen LogP contribution in [0.15, 0.2) is 0 Å². The van der Waals surface area contributed by atoms with Gasteiger partial charge in [0.05, 0.1) is 20.1 Å². The molecule has 0 aromatic rings. The topological polar surface area (TPSA) is 49.4 Å². The van der Waals surface area contributed by atoms with Gasteiger partial charge in [-0.05, 0) is 0 Å². The van der Waals surface area contributed by atoms with Gasteiger partial charge in [0.15, 0.2) is 0 Å². The van der Waals surface area contributed by atoms with Crippen LogP contribution in [0.4, 0.5) is 0 Å². The number of hydroxylamine groups is 5. The Balaban J connectivity index is 2.35. The lowest BCUT2D eigenvalue weighted by atomic mass is 10.4. The van der Waals surface area contributed by atoms with Crippen LogP contribution < -0.4 is 0 Å². The molecule has 0 aromatic carbocycles. The highest BCUT2D eigenvalue weighted by Crippen LogP contribution is 2.05. The van der Waals surface area contributed by atoms with E-state index in [1.54, 1.807) is 7.05 Å². The Kier molecular flexibility index (Phi) is 1.72. The number of quaternary nitrogens is 1. The van der Waals surface area contributed by atoms with Gasteiger partial charge < -0.3 is 20.1 Å². The van der Waals surface area contributed by atoms with Crippen LogP contribution in [0.25, 0.3) is 0 Å². The van der Waals surface area contributed by atoms with Crippen LogP contribution in [0.3, 0.4) is 0 Å². The molecule has 4 nitrogen and oxygen atoms in total. The maximum Gasteiger partial charge on any atom is 0.0902 e. The number of rotatable bonds is 0. The lowest BCUT2D eigenvalue weighted by molar-refractivity contribution is -0.865. The van der Waals surface area contributed by atoms with Crippen molar-refractivity contribution in [1.82, 2.24) is 5.06 Å². The lowest BCUT2D eigenvalue weighted by Gasteiger charge is -2.47. The quantitative estimate of drug-likeness (QED) is 0.336. The summed E-state index contributed by atoms with van der Waals surface area (Å²) in [5, 5.41) is 22.5. The molecule has 0 aliphatic carbocycles. The Morgan fingerprint density at radius 3 is 2.11 bits per heavy atom. The van der Waals surface area contributed by atoms with Gasteiger partial charge in [0.2, 0.25) is 0 Å². The molecule has 54 valence electrons. The number of likely N-dealkylation sites (N-methyl/N-ethyl adjacent to an activating group) is 1. The molecule has 0 N–H and O–H groups in total. The third-order valence-corrected chi connectivity index (χ3v) is 1.64. The van der Waals surface area contributed by atoms with Crippen molar-refractivity contribution in [2.75, 3.05) is 33.2 Å². The van der Waals surface area contributed by atoms with Crippen LogP contribution in [0.5, 0.6) is 0 Å². The summed E-state index contributed by atoms with van der Waals surface area (Å²) in [6.07, 6.45) is 0. The van der Waals surface area contributed by atoms with Crippen molar-refractivity contribution >= 4 is 0 Å². The molecule has 1 rings (SSSR count). The minimum Gasteiger partial charge on any atom is -0.785 e. The van der Waals surface area contributed by atoms with Crippen LogP contribution in [-0.2, 0) is 0 Å². The Morgan fingerprint density at radius 2 is 1.78 bits per heavy atom. The molecule has 0 unspecified atom stereocenters. The zero-order valence-corrected chi connectivity index (χ0v) is 5.54. The lowest BCUT2D eigenvalue weighted by Crippen LogP contribution is -2.51. The maximum atomic E-state index is 11.0. The molecule has 0 saturated carbocycles. The fourth-order valence-corrected chi connectivity index (χ4v) is 0.870. The first kappa shape index (κ1) is 6.95. The fraction of sp³-hybridized carbons (Fsp3) is 1.00. The largest absolute Gasteiger partial charge is 0.785 e. The van der Waals surface area contributed by atoms with E-state index in [9.17, 15) is 10.4 Å². The van der Waals surface area contributed by atoms with E-state index in [2.05, 4.69) is 0 Å². The summed E-state index contributed by atoms with van der Waals surface area (Å²) in [5.74, 6) is 0. The SMILES string of the molecule is C[N+]1([O-])CCN([O-])CC1. The summed E-state index contributed by atoms with van der Waals surface area (Å²) in [5.41, 5.74) is 0. The molecule has 0 bridgehead atoms. The predicted molar refractivity (Wildman–Crippen MR) is 34.2 cm³/mol. The molecule has 0 amide bonds. The number of hydrogen-bond acceptors (Lipinski definition) is 3. The molecular formula is C5H11N2O2-. The van der Waals surface area contributed by atoms with Crippen molar-refractivity contribution < 1.29 is 4.65 Å². The molecule has 9 heavy (non-hydrogen) atoms. The first-order chi connectivity index (χ1) is 4.10. The molecule has 1 heterocycles. The van der Waals surface area contributed by atoms with Gasteiger partial charge in [-0.25, -0.2) is 0 Å². The van der Waals surface area contributed by atoms with E-state index in [-0.39, 0.29) is 4.65 Å². The average molecular weight is 131 g/mol. The second-order valence-electron chi connectivity index (χ2n) is 2.67. The number of nitrogens with zero attached hydrogens (tertiary/aromatic N) is 2. The van der Waals surface area contributed by atoms with Gasteiger partial charge >= 0.3 is 0 Å². The Bertz CT molecular complexity index is 95.1. The molecule has 1 aliphatic heterocycles. The zero-order chi connectivity index (χ0) is 6.91. The molecule has 0 atom stereocenters. The smallest absolute Gasteiger partial charge is 0.0902 e. The Hall–Kier alpha value is -0.160. The molecule has 0 spiro atoms. The molecular weight excluding hydrogens is 120 g/mol. The summed E-state index contributed by atoms with van der Waals surface area (Å²) < 4.78 is -0.251. The summed E-state index contributed by atoms with van der Waals surface area (Å²) in [6, 6.07) is 0. The monoisotopic (exact) mass is 131 g/mol. The normalized spacial score (nSPS) is 28.3. The van der Waals surface area contributed by atoms with Gasteiger partial charge in [-0.1, -0.05) is 0 Å². The highest BCUT2D eigenvalue weighted by molar-refractivity contribution is 4.61. The molecule has 1 fully saturated rings. The molecule has 1 saturated heterocycles. The summed E-state index contributed by atoms with van der Waals surface area (Å²) in [7, 11) is 1.60. The second kappa shape index (κ2) is 2.22. The summed E-state index contributed by atoms with van der Waals surface area (Å²) in [4.78, 5) is 0. The average Bonchev–Trinajstić information content (AvgIpc) is 1.78. The van der Waals surface area contributed by atoms with Crippen molar-refractivity contribution in [2.45, 2.75) is 0 Å². The van der Waals surface area contributed by atoms with Crippen molar-refractivity contribution in [3.05, 3.63) is 10.4 Å². The van der Waals surface area contributed by atoms with E-state index in [1.807, 2.05) is 0 Å². The first-order valence-corrected chi connectivity index (χ1v) is 3.08. The summed E-state index contributed by atoms with van der Waals surface area (Å²) >= 11 is 0. The number of piperazine rings is 1. The van der Waals surface area contributed by atoms with E-state index in [0.717, 1.165) is 5.06 Å². The van der Waals surface area contributed by atoms with Crippen LogP contribution in [0, 0.1) is 10.4 Å². The van der Waals surface area contributed by atoms with Gasteiger partial charge in [0.1, 0.15) is 0 Å². The van der Waals surface area contributed by atoms with Crippen molar-refractivity contribution in [2.24, 2.45) is 0 Å². The second-order valence-corrected chi connectivity index (χ2v) is 2.67. The highest BCUT2D eigenvalue weighted by atomic mass is 16.6. The van der Waals surface area contributed by atoms with Crippen LogP contribution in [0.2, 0.25) is 0 Å². The van der Waals surface area contributed by atoms with Gasteiger partial charge in [-0.3, -0.25) is 0 Å². The van der Waals surface area contributed by atoms with Gasteiger partial charge in [0.25, 0.3) is 0 Å². The third kappa shape index (κ3) is 1.91. The minimum atomic E-state index is -0.251. The van der Waals surface area contributed by atoms with Crippen LogP contribution >= 0.6 is 0 Å². The highest BCUT2D eigenvalue weighted by Gasteiger charge is 2.14. The van der Waals surface area contributed by atoms with Crippen LogP contribution in [-0.4, -0.2) is 42.9 Å². The van der Waals surface area contributed by atoms with Gasteiger partial charge in [-0.2, -0.15) is 0 Å².